The molecule has 21 heavy (non-hydrogen) atoms. The number of hydrogen-bond donors (Lipinski definition) is 1. The van der Waals surface area contributed by atoms with Crippen molar-refractivity contribution in [3.63, 3.8) is 0 Å². The van der Waals surface area contributed by atoms with Gasteiger partial charge in [-0.05, 0) is 18.8 Å². The first kappa shape index (κ1) is 15.0. The van der Waals surface area contributed by atoms with E-state index in [0.717, 1.165) is 39.1 Å². The van der Waals surface area contributed by atoms with Crippen molar-refractivity contribution in [3.8, 4) is 0 Å². The molecule has 1 N–H and O–H groups in total. The van der Waals surface area contributed by atoms with Gasteiger partial charge in [-0.25, -0.2) is 4.98 Å². The molecule has 6 nitrogen and oxygen atoms in total. The van der Waals surface area contributed by atoms with Crippen molar-refractivity contribution < 1.29 is 14.6 Å². The van der Waals surface area contributed by atoms with Gasteiger partial charge in [0, 0.05) is 45.6 Å². The zero-order chi connectivity index (χ0) is 14.7. The average molecular weight is 295 g/mol. The van der Waals surface area contributed by atoms with Crippen LogP contribution in [0, 0.1) is 5.92 Å². The summed E-state index contributed by atoms with van der Waals surface area (Å²) in [5.74, 6) is 0.388. The number of morpholine rings is 1. The summed E-state index contributed by atoms with van der Waals surface area (Å²) in [4.78, 5) is 6.76. The molecule has 1 saturated carbocycles. The molecule has 6 heteroatoms. The number of hydrogen-bond acceptors (Lipinski definition) is 5. The van der Waals surface area contributed by atoms with Crippen LogP contribution < -0.4 is 0 Å². The van der Waals surface area contributed by atoms with Crippen molar-refractivity contribution in [1.29, 1.82) is 0 Å². The van der Waals surface area contributed by atoms with E-state index in [-0.39, 0.29) is 12.7 Å². The second kappa shape index (κ2) is 6.87. The first-order chi connectivity index (χ1) is 10.3. The van der Waals surface area contributed by atoms with Gasteiger partial charge in [-0.15, -0.1) is 0 Å². The highest BCUT2D eigenvalue weighted by atomic mass is 16.5. The Kier molecular flexibility index (Phi) is 4.90. The molecule has 1 saturated heterocycles. The Balaban J connectivity index is 1.65. The van der Waals surface area contributed by atoms with E-state index in [0.29, 0.717) is 18.6 Å². The molecule has 0 radical (unpaired) electrons. The normalized spacial score (nSPS) is 29.7. The predicted octanol–water partition coefficient (Wildman–Crippen LogP) is 0.501. The Labute approximate surface area is 125 Å². The topological polar surface area (TPSA) is 59.8 Å². The fourth-order valence-electron chi connectivity index (χ4n) is 3.55. The summed E-state index contributed by atoms with van der Waals surface area (Å²) in [6.45, 7) is 4.44. The van der Waals surface area contributed by atoms with Gasteiger partial charge in [-0.3, -0.25) is 4.90 Å². The van der Waals surface area contributed by atoms with E-state index in [4.69, 9.17) is 9.47 Å². The van der Waals surface area contributed by atoms with E-state index >= 15 is 0 Å². The van der Waals surface area contributed by atoms with Crippen molar-refractivity contribution in [3.05, 3.63) is 18.2 Å². The maximum absolute atomic E-state index is 9.40. The summed E-state index contributed by atoms with van der Waals surface area (Å²) in [6, 6.07) is 0.432. The third kappa shape index (κ3) is 3.29. The Morgan fingerprint density at radius 2 is 2.38 bits per heavy atom. The number of nitrogens with zero attached hydrogens (tertiary/aromatic N) is 3. The number of ether oxygens (including phenoxy) is 2. The van der Waals surface area contributed by atoms with Crippen molar-refractivity contribution in [2.75, 3.05) is 33.5 Å². The Bertz CT molecular complexity index is 451. The molecule has 1 aliphatic heterocycles. The standard InChI is InChI=1S/C15H25N3O3/c1-20-4-2-18-11-16-8-13(18)9-17-3-5-21-15-7-12(10-19)6-14(15)17/h8,11-12,14-15,19H,2-7,9-10H2,1H3/t12-,14+,15?/m1/s1. The number of aliphatic hydroxyl groups excluding tert-OH is 1. The van der Waals surface area contributed by atoms with Crippen LogP contribution in [0.2, 0.25) is 0 Å². The molecular weight excluding hydrogens is 270 g/mol. The third-order valence-corrected chi connectivity index (χ3v) is 4.71. The number of fused-ring (bicyclic) bond motifs is 1. The molecule has 2 aliphatic rings. The molecule has 0 spiro atoms. The third-order valence-electron chi connectivity index (χ3n) is 4.71. The second-order valence-electron chi connectivity index (χ2n) is 6.04. The van der Waals surface area contributed by atoms with Crippen molar-refractivity contribution in [2.24, 2.45) is 5.92 Å². The zero-order valence-electron chi connectivity index (χ0n) is 12.6. The average Bonchev–Trinajstić information content (AvgIpc) is 3.11. The van der Waals surface area contributed by atoms with Crippen LogP contribution in [0.5, 0.6) is 0 Å². The van der Waals surface area contributed by atoms with E-state index in [1.54, 1.807) is 7.11 Å². The lowest BCUT2D eigenvalue weighted by atomic mass is 10.1. The van der Waals surface area contributed by atoms with Crippen molar-refractivity contribution in [2.45, 2.75) is 38.1 Å². The molecule has 0 aromatic carbocycles. The van der Waals surface area contributed by atoms with Crippen molar-refractivity contribution in [1.82, 2.24) is 14.5 Å². The van der Waals surface area contributed by atoms with Gasteiger partial charge in [0.1, 0.15) is 0 Å². The molecule has 2 heterocycles. The first-order valence-electron chi connectivity index (χ1n) is 7.76. The maximum atomic E-state index is 9.40. The van der Waals surface area contributed by atoms with Gasteiger partial charge >= 0.3 is 0 Å². The van der Waals surface area contributed by atoms with Gasteiger partial charge in [0.05, 0.1) is 31.3 Å². The smallest absolute Gasteiger partial charge is 0.0949 e. The van der Waals surface area contributed by atoms with Crippen LogP contribution in [0.25, 0.3) is 0 Å². The molecule has 118 valence electrons. The largest absolute Gasteiger partial charge is 0.396 e. The lowest BCUT2D eigenvalue weighted by molar-refractivity contribution is -0.0597. The second-order valence-corrected chi connectivity index (χ2v) is 6.04. The minimum atomic E-state index is 0.274. The highest BCUT2D eigenvalue weighted by Gasteiger charge is 2.40. The van der Waals surface area contributed by atoms with Gasteiger partial charge in [0.2, 0.25) is 0 Å². The fourth-order valence-corrected chi connectivity index (χ4v) is 3.55. The molecule has 1 unspecified atom stereocenters. The number of imidazole rings is 1. The molecular formula is C15H25N3O3. The predicted molar refractivity (Wildman–Crippen MR) is 77.9 cm³/mol. The SMILES string of the molecule is COCCn1cncc1CN1CCOC2C[C@H](CO)C[C@@H]21. The highest BCUT2D eigenvalue weighted by Crippen LogP contribution is 2.34. The van der Waals surface area contributed by atoms with Crippen LogP contribution in [-0.4, -0.2) is 65.2 Å². The Morgan fingerprint density at radius 3 is 3.19 bits per heavy atom. The van der Waals surface area contributed by atoms with Crippen LogP contribution in [0.4, 0.5) is 0 Å². The van der Waals surface area contributed by atoms with Crippen LogP contribution >= 0.6 is 0 Å². The number of rotatable bonds is 6. The van der Waals surface area contributed by atoms with E-state index in [1.165, 1.54) is 5.69 Å². The zero-order valence-corrected chi connectivity index (χ0v) is 12.6. The van der Waals surface area contributed by atoms with Crippen molar-refractivity contribution >= 4 is 0 Å². The fraction of sp³-hybridized carbons (Fsp3) is 0.800. The summed E-state index contributed by atoms with van der Waals surface area (Å²) in [5.41, 5.74) is 1.22. The first-order valence-corrected chi connectivity index (χ1v) is 7.76. The molecule has 3 rings (SSSR count). The molecule has 1 aromatic heterocycles. The summed E-state index contributed by atoms with van der Waals surface area (Å²) in [7, 11) is 1.72. The number of methoxy groups -OCH3 is 1. The minimum absolute atomic E-state index is 0.274. The summed E-state index contributed by atoms with van der Waals surface area (Å²) >= 11 is 0. The van der Waals surface area contributed by atoms with Gasteiger partial charge < -0.3 is 19.1 Å². The van der Waals surface area contributed by atoms with E-state index < -0.39 is 0 Å². The molecule has 1 aromatic rings. The lowest BCUT2D eigenvalue weighted by Gasteiger charge is -2.37. The Morgan fingerprint density at radius 1 is 1.48 bits per heavy atom. The maximum Gasteiger partial charge on any atom is 0.0949 e. The van der Waals surface area contributed by atoms with E-state index in [2.05, 4.69) is 14.5 Å². The Hall–Kier alpha value is -0.950. The van der Waals surface area contributed by atoms with E-state index in [9.17, 15) is 5.11 Å². The monoisotopic (exact) mass is 295 g/mol. The molecule has 0 bridgehead atoms. The van der Waals surface area contributed by atoms with Gasteiger partial charge in [0.15, 0.2) is 0 Å². The molecule has 3 atom stereocenters. The van der Waals surface area contributed by atoms with Crippen LogP contribution in [-0.2, 0) is 22.6 Å². The molecule has 1 aliphatic carbocycles. The van der Waals surface area contributed by atoms with Crippen LogP contribution in [0.1, 0.15) is 18.5 Å². The summed E-state index contributed by atoms with van der Waals surface area (Å²) in [5, 5.41) is 9.40. The van der Waals surface area contributed by atoms with Crippen LogP contribution in [0.3, 0.4) is 0 Å². The highest BCUT2D eigenvalue weighted by molar-refractivity contribution is 5.02. The number of aliphatic hydroxyl groups is 1. The lowest BCUT2D eigenvalue weighted by Crippen LogP contribution is -2.48. The quantitative estimate of drug-likeness (QED) is 0.828. The molecule has 0 amide bonds. The van der Waals surface area contributed by atoms with E-state index in [1.807, 2.05) is 12.5 Å². The summed E-state index contributed by atoms with van der Waals surface area (Å²) in [6.07, 6.45) is 6.12. The molecule has 2 fully saturated rings. The number of aromatic nitrogens is 2. The van der Waals surface area contributed by atoms with Gasteiger partial charge in [-0.2, -0.15) is 0 Å². The summed E-state index contributed by atoms with van der Waals surface area (Å²) < 4.78 is 13.2. The van der Waals surface area contributed by atoms with Crippen LogP contribution in [0.15, 0.2) is 12.5 Å². The van der Waals surface area contributed by atoms with Gasteiger partial charge in [-0.1, -0.05) is 0 Å². The minimum Gasteiger partial charge on any atom is -0.396 e. The van der Waals surface area contributed by atoms with Gasteiger partial charge in [0.25, 0.3) is 0 Å².